The maximum Gasteiger partial charge on any atom is 0.246 e. The Bertz CT molecular complexity index is 1010. The summed E-state index contributed by atoms with van der Waals surface area (Å²) in [6.07, 6.45) is 0. The zero-order chi connectivity index (χ0) is 21.2. The van der Waals surface area contributed by atoms with Gasteiger partial charge in [0.1, 0.15) is 4.90 Å². The van der Waals surface area contributed by atoms with Crippen LogP contribution in [0.4, 0.5) is 13.2 Å². The second-order valence-corrected chi connectivity index (χ2v) is 9.52. The lowest BCUT2D eigenvalue weighted by Gasteiger charge is -2.34. The van der Waals surface area contributed by atoms with E-state index in [1.807, 2.05) is 31.2 Å². The predicted octanol–water partition coefficient (Wildman–Crippen LogP) is 3.04. The van der Waals surface area contributed by atoms with Crippen LogP contribution in [0.1, 0.15) is 5.56 Å². The van der Waals surface area contributed by atoms with Crippen LogP contribution < -0.4 is 0 Å². The number of hydrogen-bond acceptors (Lipinski definition) is 4. The van der Waals surface area contributed by atoms with Gasteiger partial charge in [-0.1, -0.05) is 17.7 Å². The fourth-order valence-electron chi connectivity index (χ4n) is 2.90. The van der Waals surface area contributed by atoms with Crippen LogP contribution in [0.5, 0.6) is 0 Å². The smallest absolute Gasteiger partial charge is 0.246 e. The molecule has 0 atom stereocenters. The maximum absolute atomic E-state index is 13.9. The molecule has 29 heavy (non-hydrogen) atoms. The monoisotopic (exact) mass is 444 g/mol. The lowest BCUT2D eigenvalue weighted by atomic mass is 10.2. The van der Waals surface area contributed by atoms with Crippen LogP contribution in [0, 0.1) is 24.4 Å². The van der Waals surface area contributed by atoms with Crippen molar-refractivity contribution in [1.29, 1.82) is 0 Å². The molecule has 1 fully saturated rings. The Morgan fingerprint density at radius 3 is 2.21 bits per heavy atom. The molecule has 0 N–H and O–H groups in total. The van der Waals surface area contributed by atoms with E-state index in [1.165, 1.54) is 16.7 Å². The molecule has 5 nitrogen and oxygen atoms in total. The molecule has 1 amide bonds. The SMILES string of the molecule is Cc1ccc(SCC(=O)N2CCN(S(=O)(=O)c3ccc(F)c(F)c3F)CC2)cc1. The molecular weight excluding hydrogens is 425 g/mol. The molecule has 1 aliphatic rings. The van der Waals surface area contributed by atoms with E-state index < -0.39 is 32.4 Å². The second kappa shape index (κ2) is 8.76. The molecule has 0 aromatic heterocycles. The molecule has 0 aliphatic carbocycles. The average molecular weight is 445 g/mol. The summed E-state index contributed by atoms with van der Waals surface area (Å²) < 4.78 is 66.5. The number of rotatable bonds is 5. The maximum atomic E-state index is 13.9. The highest BCUT2D eigenvalue weighted by molar-refractivity contribution is 8.00. The number of hydrogen-bond donors (Lipinski definition) is 0. The van der Waals surface area contributed by atoms with E-state index in [9.17, 15) is 26.4 Å². The van der Waals surface area contributed by atoms with Crippen molar-refractivity contribution in [3.05, 3.63) is 59.4 Å². The number of carbonyl (C=O) groups excluding carboxylic acids is 1. The van der Waals surface area contributed by atoms with E-state index in [1.54, 1.807) is 0 Å². The Morgan fingerprint density at radius 1 is 0.966 bits per heavy atom. The molecule has 0 saturated carbocycles. The van der Waals surface area contributed by atoms with Crippen LogP contribution in [0.25, 0.3) is 0 Å². The minimum atomic E-state index is -4.33. The first kappa shape index (κ1) is 21.7. The summed E-state index contributed by atoms with van der Waals surface area (Å²) in [5.74, 6) is -4.94. The molecule has 156 valence electrons. The molecule has 0 radical (unpaired) electrons. The molecule has 0 unspecified atom stereocenters. The lowest BCUT2D eigenvalue weighted by Crippen LogP contribution is -2.51. The van der Waals surface area contributed by atoms with Gasteiger partial charge in [-0.05, 0) is 31.2 Å². The fourth-order valence-corrected chi connectivity index (χ4v) is 5.17. The summed E-state index contributed by atoms with van der Waals surface area (Å²) in [5.41, 5.74) is 1.12. The summed E-state index contributed by atoms with van der Waals surface area (Å²) in [5, 5.41) is 0. The van der Waals surface area contributed by atoms with E-state index >= 15 is 0 Å². The predicted molar refractivity (Wildman–Crippen MR) is 104 cm³/mol. The van der Waals surface area contributed by atoms with Crippen LogP contribution in [0.15, 0.2) is 46.2 Å². The number of amides is 1. The lowest BCUT2D eigenvalue weighted by molar-refractivity contribution is -0.129. The van der Waals surface area contributed by atoms with Gasteiger partial charge in [-0.3, -0.25) is 4.79 Å². The highest BCUT2D eigenvalue weighted by Gasteiger charge is 2.33. The van der Waals surface area contributed by atoms with Gasteiger partial charge in [0.15, 0.2) is 17.5 Å². The van der Waals surface area contributed by atoms with Crippen molar-refractivity contribution in [1.82, 2.24) is 9.21 Å². The van der Waals surface area contributed by atoms with Gasteiger partial charge in [-0.15, -0.1) is 11.8 Å². The first-order valence-electron chi connectivity index (χ1n) is 8.81. The van der Waals surface area contributed by atoms with Crippen molar-refractivity contribution >= 4 is 27.7 Å². The summed E-state index contributed by atoms with van der Waals surface area (Å²) in [7, 11) is -4.33. The largest absolute Gasteiger partial charge is 0.339 e. The Labute approximate surface area is 171 Å². The van der Waals surface area contributed by atoms with E-state index in [0.717, 1.165) is 14.8 Å². The van der Waals surface area contributed by atoms with E-state index in [2.05, 4.69) is 0 Å². The summed E-state index contributed by atoms with van der Waals surface area (Å²) >= 11 is 1.39. The van der Waals surface area contributed by atoms with Gasteiger partial charge in [0.2, 0.25) is 15.9 Å². The van der Waals surface area contributed by atoms with Crippen molar-refractivity contribution < 1.29 is 26.4 Å². The standard InChI is InChI=1S/C19H19F3N2O3S2/c1-13-2-4-14(5-3-13)28-12-17(25)23-8-10-24(11-9-23)29(26,27)16-7-6-15(20)18(21)19(16)22/h2-7H,8-12H2,1H3. The van der Waals surface area contributed by atoms with Gasteiger partial charge in [0.05, 0.1) is 5.75 Å². The molecule has 2 aromatic carbocycles. The first-order chi connectivity index (χ1) is 13.7. The molecule has 1 heterocycles. The third-order valence-electron chi connectivity index (χ3n) is 4.59. The quantitative estimate of drug-likeness (QED) is 0.526. The zero-order valence-corrected chi connectivity index (χ0v) is 17.2. The summed E-state index contributed by atoms with van der Waals surface area (Å²) in [6, 6.07) is 9.04. The molecular formula is C19H19F3N2O3S2. The molecule has 2 aromatic rings. The number of carbonyl (C=O) groups is 1. The van der Waals surface area contributed by atoms with E-state index in [-0.39, 0.29) is 37.8 Å². The Hall–Kier alpha value is -2.04. The fraction of sp³-hybridized carbons (Fsp3) is 0.316. The van der Waals surface area contributed by atoms with Crippen LogP contribution in [0.2, 0.25) is 0 Å². The first-order valence-corrected chi connectivity index (χ1v) is 11.2. The minimum Gasteiger partial charge on any atom is -0.339 e. The highest BCUT2D eigenvalue weighted by Crippen LogP contribution is 2.24. The number of piperazine rings is 1. The van der Waals surface area contributed by atoms with Crippen LogP contribution in [0.3, 0.4) is 0 Å². The molecule has 3 rings (SSSR count). The van der Waals surface area contributed by atoms with Gasteiger partial charge in [0.25, 0.3) is 0 Å². The van der Waals surface area contributed by atoms with Gasteiger partial charge in [0, 0.05) is 31.1 Å². The Morgan fingerprint density at radius 2 is 1.59 bits per heavy atom. The number of halogens is 3. The number of thioether (sulfide) groups is 1. The van der Waals surface area contributed by atoms with Crippen molar-refractivity contribution in [2.75, 3.05) is 31.9 Å². The van der Waals surface area contributed by atoms with Gasteiger partial charge in [-0.2, -0.15) is 4.31 Å². The average Bonchev–Trinajstić information content (AvgIpc) is 2.71. The van der Waals surface area contributed by atoms with Gasteiger partial charge in [-0.25, -0.2) is 21.6 Å². The van der Waals surface area contributed by atoms with Crippen LogP contribution >= 0.6 is 11.8 Å². The topological polar surface area (TPSA) is 57.7 Å². The van der Waals surface area contributed by atoms with Crippen molar-refractivity contribution in [2.45, 2.75) is 16.7 Å². The summed E-state index contributed by atoms with van der Waals surface area (Å²) in [6.45, 7) is 2.14. The Kier molecular flexibility index (Phi) is 6.55. The number of sulfonamides is 1. The van der Waals surface area contributed by atoms with Gasteiger partial charge < -0.3 is 4.90 Å². The summed E-state index contributed by atoms with van der Waals surface area (Å²) in [4.78, 5) is 14.0. The number of nitrogens with zero attached hydrogens (tertiary/aromatic N) is 2. The molecule has 1 saturated heterocycles. The van der Waals surface area contributed by atoms with Crippen LogP contribution in [-0.4, -0.2) is 55.5 Å². The van der Waals surface area contributed by atoms with Gasteiger partial charge >= 0.3 is 0 Å². The molecule has 1 aliphatic heterocycles. The molecule has 0 bridgehead atoms. The van der Waals surface area contributed by atoms with E-state index in [0.29, 0.717) is 12.1 Å². The molecule has 0 spiro atoms. The number of benzene rings is 2. The van der Waals surface area contributed by atoms with Crippen molar-refractivity contribution in [3.8, 4) is 0 Å². The second-order valence-electron chi connectivity index (χ2n) is 6.56. The van der Waals surface area contributed by atoms with Crippen molar-refractivity contribution in [2.24, 2.45) is 0 Å². The highest BCUT2D eigenvalue weighted by atomic mass is 32.2. The zero-order valence-electron chi connectivity index (χ0n) is 15.6. The number of aryl methyl sites for hydroxylation is 1. The minimum absolute atomic E-state index is 0.0539. The third kappa shape index (κ3) is 4.76. The third-order valence-corrected chi connectivity index (χ3v) is 7.51. The van der Waals surface area contributed by atoms with E-state index in [4.69, 9.17) is 0 Å². The Balaban J connectivity index is 1.60. The van der Waals surface area contributed by atoms with Crippen LogP contribution in [-0.2, 0) is 14.8 Å². The molecule has 10 heteroatoms. The van der Waals surface area contributed by atoms with Crippen molar-refractivity contribution in [3.63, 3.8) is 0 Å². The normalized spacial score (nSPS) is 15.5.